The maximum absolute atomic E-state index is 9.09. The Bertz CT molecular complexity index is 121. The molecule has 66 valence electrons. The molecule has 0 aliphatic carbocycles. The Morgan fingerprint density at radius 1 is 1.55 bits per heavy atom. The van der Waals surface area contributed by atoms with Crippen molar-refractivity contribution in [3.63, 3.8) is 0 Å². The first-order chi connectivity index (χ1) is 5.27. The normalized spacial score (nSPS) is 34.1. The maximum Gasteiger partial charge on any atom is 0.132 e. The monoisotopic (exact) mass is 180 g/mol. The summed E-state index contributed by atoms with van der Waals surface area (Å²) in [5.74, 6) is 0.679. The van der Waals surface area contributed by atoms with Crippen LogP contribution in [0.4, 0.5) is 0 Å². The fourth-order valence-electron chi connectivity index (χ4n) is 0.854. The van der Waals surface area contributed by atoms with Gasteiger partial charge in [0.2, 0.25) is 0 Å². The number of aliphatic hydroxyl groups is 3. The van der Waals surface area contributed by atoms with Crippen LogP contribution in [0.1, 0.15) is 0 Å². The summed E-state index contributed by atoms with van der Waals surface area (Å²) in [5, 5.41) is 26.3. The number of aliphatic hydroxyl groups excluding tert-OH is 3. The van der Waals surface area contributed by atoms with Crippen molar-refractivity contribution in [2.24, 2.45) is 0 Å². The number of ether oxygens (including phenoxy) is 1. The minimum atomic E-state index is -0.837. The van der Waals surface area contributed by atoms with Crippen molar-refractivity contribution in [3.8, 4) is 0 Å². The number of thioether (sulfide) groups is 1. The lowest BCUT2D eigenvalue weighted by atomic mass is 10.4. The molecule has 1 heterocycles. The predicted molar refractivity (Wildman–Crippen MR) is 41.3 cm³/mol. The molecule has 1 aliphatic heterocycles. The van der Waals surface area contributed by atoms with Gasteiger partial charge in [0.1, 0.15) is 11.5 Å². The molecule has 0 amide bonds. The highest BCUT2D eigenvalue weighted by Gasteiger charge is 2.30. The fraction of sp³-hybridized carbons (Fsp3) is 1.00. The van der Waals surface area contributed by atoms with Crippen molar-refractivity contribution < 1.29 is 20.1 Å². The van der Waals surface area contributed by atoms with Gasteiger partial charge in [-0.15, -0.1) is 11.8 Å². The fourth-order valence-corrected chi connectivity index (χ4v) is 1.99. The third-order valence-electron chi connectivity index (χ3n) is 1.48. The van der Waals surface area contributed by atoms with Crippen molar-refractivity contribution in [2.75, 3.05) is 19.0 Å². The van der Waals surface area contributed by atoms with E-state index < -0.39 is 6.10 Å². The third kappa shape index (κ3) is 2.31. The van der Waals surface area contributed by atoms with E-state index >= 15 is 0 Å². The maximum atomic E-state index is 9.09. The van der Waals surface area contributed by atoms with Crippen LogP contribution in [0.25, 0.3) is 0 Å². The Labute approximate surface area is 69.2 Å². The van der Waals surface area contributed by atoms with Crippen LogP contribution in [-0.4, -0.2) is 51.9 Å². The van der Waals surface area contributed by atoms with Gasteiger partial charge in [0.25, 0.3) is 0 Å². The third-order valence-corrected chi connectivity index (χ3v) is 2.80. The molecule has 4 nitrogen and oxygen atoms in total. The lowest BCUT2D eigenvalue weighted by molar-refractivity contribution is -0.0440. The summed E-state index contributed by atoms with van der Waals surface area (Å²) >= 11 is 1.42. The van der Waals surface area contributed by atoms with Crippen LogP contribution >= 0.6 is 11.8 Å². The molecule has 0 bridgehead atoms. The minimum absolute atomic E-state index is 0.0261. The van der Waals surface area contributed by atoms with E-state index in [2.05, 4.69) is 0 Å². The van der Waals surface area contributed by atoms with Crippen LogP contribution in [-0.2, 0) is 4.74 Å². The van der Waals surface area contributed by atoms with Gasteiger partial charge in [-0.05, 0) is 0 Å². The van der Waals surface area contributed by atoms with Crippen LogP contribution < -0.4 is 0 Å². The summed E-state index contributed by atoms with van der Waals surface area (Å²) in [6, 6.07) is 0. The molecule has 1 rings (SSSR count). The second-order valence-electron chi connectivity index (χ2n) is 2.39. The van der Waals surface area contributed by atoms with E-state index in [4.69, 9.17) is 20.1 Å². The Hall–Kier alpha value is 0.190. The zero-order valence-corrected chi connectivity index (χ0v) is 6.83. The summed E-state index contributed by atoms with van der Waals surface area (Å²) in [4.78, 5) is 0. The van der Waals surface area contributed by atoms with Crippen molar-refractivity contribution in [1.82, 2.24) is 0 Å². The Morgan fingerprint density at radius 3 is 2.73 bits per heavy atom. The summed E-state index contributed by atoms with van der Waals surface area (Å²) < 4.78 is 5.17. The molecule has 0 spiro atoms. The average molecular weight is 180 g/mol. The van der Waals surface area contributed by atoms with E-state index in [0.29, 0.717) is 5.75 Å². The molecule has 1 aliphatic rings. The summed E-state index contributed by atoms with van der Waals surface area (Å²) in [6.07, 6.45) is -1.03. The van der Waals surface area contributed by atoms with E-state index in [1.165, 1.54) is 11.8 Å². The molecule has 0 aromatic rings. The van der Waals surface area contributed by atoms with Gasteiger partial charge in [-0.1, -0.05) is 0 Å². The van der Waals surface area contributed by atoms with Gasteiger partial charge in [0.15, 0.2) is 0 Å². The molecule has 0 radical (unpaired) electrons. The smallest absolute Gasteiger partial charge is 0.132 e. The molecule has 3 atom stereocenters. The highest BCUT2D eigenvalue weighted by Crippen LogP contribution is 2.27. The first-order valence-electron chi connectivity index (χ1n) is 3.44. The second-order valence-corrected chi connectivity index (χ2v) is 3.52. The molecular weight excluding hydrogens is 168 g/mol. The van der Waals surface area contributed by atoms with E-state index in [-0.39, 0.29) is 24.8 Å². The molecule has 5 heteroatoms. The quantitative estimate of drug-likeness (QED) is 0.508. The molecule has 0 saturated carbocycles. The molecule has 1 saturated heterocycles. The van der Waals surface area contributed by atoms with Crippen molar-refractivity contribution in [3.05, 3.63) is 0 Å². The molecule has 0 unspecified atom stereocenters. The first-order valence-corrected chi connectivity index (χ1v) is 4.49. The summed E-state index contributed by atoms with van der Waals surface area (Å²) in [6.45, 7) is -0.322. The van der Waals surface area contributed by atoms with Crippen LogP contribution in [0, 0.1) is 0 Å². The SMILES string of the molecule is OC[C@H]1CS[C@@H]([C@H](O)CO)O1. The lowest BCUT2D eigenvalue weighted by Crippen LogP contribution is -2.28. The molecule has 1 fully saturated rings. The topological polar surface area (TPSA) is 69.9 Å². The van der Waals surface area contributed by atoms with Crippen LogP contribution in [0.5, 0.6) is 0 Å². The highest BCUT2D eigenvalue weighted by molar-refractivity contribution is 8.00. The lowest BCUT2D eigenvalue weighted by Gasteiger charge is -2.14. The summed E-state index contributed by atoms with van der Waals surface area (Å²) in [5.41, 5.74) is -0.378. The van der Waals surface area contributed by atoms with Gasteiger partial charge in [-0.25, -0.2) is 0 Å². The van der Waals surface area contributed by atoms with E-state index in [9.17, 15) is 0 Å². The van der Waals surface area contributed by atoms with Crippen molar-refractivity contribution >= 4 is 11.8 Å². The van der Waals surface area contributed by atoms with Gasteiger partial charge < -0.3 is 20.1 Å². The van der Waals surface area contributed by atoms with Gasteiger partial charge in [-0.2, -0.15) is 0 Å². The molecule has 0 aromatic carbocycles. The highest BCUT2D eigenvalue weighted by atomic mass is 32.2. The van der Waals surface area contributed by atoms with E-state index in [0.717, 1.165) is 0 Å². The van der Waals surface area contributed by atoms with Gasteiger partial charge in [0, 0.05) is 5.75 Å². The van der Waals surface area contributed by atoms with Crippen LogP contribution in [0.3, 0.4) is 0 Å². The van der Waals surface area contributed by atoms with Gasteiger partial charge in [-0.3, -0.25) is 0 Å². The molecular formula is C6H12O4S. The number of hydrogen-bond acceptors (Lipinski definition) is 5. The molecule has 11 heavy (non-hydrogen) atoms. The summed E-state index contributed by atoms with van der Waals surface area (Å²) in [7, 11) is 0. The molecule has 0 aromatic heterocycles. The van der Waals surface area contributed by atoms with E-state index in [1.807, 2.05) is 0 Å². The first kappa shape index (κ1) is 9.28. The predicted octanol–water partition coefficient (Wildman–Crippen LogP) is -1.21. The number of hydrogen-bond donors (Lipinski definition) is 3. The largest absolute Gasteiger partial charge is 0.394 e. The zero-order valence-electron chi connectivity index (χ0n) is 6.01. The van der Waals surface area contributed by atoms with Gasteiger partial charge in [0.05, 0.1) is 19.3 Å². The second kappa shape index (κ2) is 4.27. The Balaban J connectivity index is 2.29. The average Bonchev–Trinajstić information content (AvgIpc) is 2.50. The van der Waals surface area contributed by atoms with Crippen molar-refractivity contribution in [2.45, 2.75) is 17.6 Å². The van der Waals surface area contributed by atoms with Gasteiger partial charge >= 0.3 is 0 Å². The van der Waals surface area contributed by atoms with Crippen LogP contribution in [0.15, 0.2) is 0 Å². The minimum Gasteiger partial charge on any atom is -0.394 e. The van der Waals surface area contributed by atoms with E-state index in [1.54, 1.807) is 0 Å². The van der Waals surface area contributed by atoms with Crippen LogP contribution in [0.2, 0.25) is 0 Å². The van der Waals surface area contributed by atoms with Crippen molar-refractivity contribution in [1.29, 1.82) is 0 Å². The standard InChI is InChI=1S/C6H12O4S/c7-1-4-3-11-6(10-4)5(9)2-8/h4-9H,1-3H2/t4-,5+,6-/m0/s1. The Morgan fingerprint density at radius 2 is 2.27 bits per heavy atom. The molecule has 3 N–H and O–H groups in total. The number of rotatable bonds is 3. The Kier molecular flexibility index (Phi) is 3.61. The zero-order chi connectivity index (χ0) is 8.27.